The van der Waals surface area contributed by atoms with Crippen molar-refractivity contribution in [3.8, 4) is 0 Å². The Hall–Kier alpha value is -1.62. The number of rotatable bonds is 5. The van der Waals surface area contributed by atoms with Crippen LogP contribution in [0.4, 0.5) is 5.69 Å². The van der Waals surface area contributed by atoms with E-state index in [1.165, 1.54) is 0 Å². The van der Waals surface area contributed by atoms with Gasteiger partial charge in [0.05, 0.1) is 11.7 Å². The van der Waals surface area contributed by atoms with E-state index in [2.05, 4.69) is 4.90 Å². The van der Waals surface area contributed by atoms with E-state index < -0.39 is 0 Å². The number of carbonyl (C=O) groups excluding carboxylic acids is 1. The maximum Gasteiger partial charge on any atom is 0.273 e. The quantitative estimate of drug-likeness (QED) is 0.856. The van der Waals surface area contributed by atoms with E-state index in [0.29, 0.717) is 18.7 Å². The maximum absolute atomic E-state index is 11.8. The molecule has 2 rings (SSSR count). The van der Waals surface area contributed by atoms with Crippen LogP contribution in [-0.4, -0.2) is 34.4 Å². The first-order valence-corrected chi connectivity index (χ1v) is 6.85. The zero-order chi connectivity index (χ0) is 13.8. The first-order chi connectivity index (χ1) is 9.13. The van der Waals surface area contributed by atoms with Crippen LogP contribution < -0.4 is 11.3 Å². The molecule has 0 aliphatic carbocycles. The van der Waals surface area contributed by atoms with Crippen LogP contribution in [0.3, 0.4) is 0 Å². The van der Waals surface area contributed by atoms with Gasteiger partial charge in [-0.15, -0.1) is 0 Å². The van der Waals surface area contributed by atoms with Crippen molar-refractivity contribution in [2.24, 2.45) is 0 Å². The molecule has 1 aromatic heterocycles. The van der Waals surface area contributed by atoms with Crippen molar-refractivity contribution in [3.63, 3.8) is 0 Å². The number of Topliss-reactive ketones (excluding diaryl/α,β-unsaturated/α-hetero) is 1. The molecular weight excluding hydrogens is 242 g/mol. The van der Waals surface area contributed by atoms with Gasteiger partial charge in [0, 0.05) is 25.7 Å². The van der Waals surface area contributed by atoms with E-state index in [-0.39, 0.29) is 17.3 Å². The molecule has 0 bridgehead atoms. The molecule has 1 saturated heterocycles. The number of nitrogen functional groups attached to an aromatic ring is 1. The lowest BCUT2D eigenvalue weighted by molar-refractivity contribution is -0.123. The molecule has 2 N–H and O–H groups in total. The first kappa shape index (κ1) is 13.8. The highest BCUT2D eigenvalue weighted by atomic mass is 16.1. The van der Waals surface area contributed by atoms with Crippen LogP contribution in [0.5, 0.6) is 0 Å². The predicted octanol–water partition coefficient (Wildman–Crippen LogP) is 0.874. The van der Waals surface area contributed by atoms with Crippen LogP contribution in [0.1, 0.15) is 26.2 Å². The molecule has 1 atom stereocenters. The Bertz CT molecular complexity index is 510. The highest BCUT2D eigenvalue weighted by molar-refractivity contribution is 5.83. The Kier molecular flexibility index (Phi) is 4.37. The fourth-order valence-corrected chi connectivity index (χ4v) is 2.66. The molecule has 0 radical (unpaired) electrons. The molecule has 1 fully saturated rings. The summed E-state index contributed by atoms with van der Waals surface area (Å²) in [6, 6.07) is 3.43. The van der Waals surface area contributed by atoms with Gasteiger partial charge >= 0.3 is 0 Å². The zero-order valence-electron chi connectivity index (χ0n) is 11.3. The van der Waals surface area contributed by atoms with Gasteiger partial charge in [-0.2, -0.15) is 0 Å². The fraction of sp³-hybridized carbons (Fsp3) is 0.571. The van der Waals surface area contributed by atoms with Crippen molar-refractivity contribution in [1.82, 2.24) is 9.47 Å². The second kappa shape index (κ2) is 6.02. The molecule has 1 unspecified atom stereocenters. The molecule has 0 saturated carbocycles. The number of carbonyl (C=O) groups is 1. The van der Waals surface area contributed by atoms with E-state index >= 15 is 0 Å². The number of pyridine rings is 1. The van der Waals surface area contributed by atoms with Crippen molar-refractivity contribution in [1.29, 1.82) is 0 Å². The molecule has 0 spiro atoms. The number of hydrogen-bond acceptors (Lipinski definition) is 4. The summed E-state index contributed by atoms with van der Waals surface area (Å²) < 4.78 is 1.61. The van der Waals surface area contributed by atoms with Crippen LogP contribution in [-0.2, 0) is 11.3 Å². The minimum atomic E-state index is -0.153. The van der Waals surface area contributed by atoms with E-state index in [1.807, 2.05) is 6.92 Å². The van der Waals surface area contributed by atoms with Gasteiger partial charge in [-0.25, -0.2) is 0 Å². The standard InChI is InChI=1S/C14H21N3O2/c1-2-13(18)12-6-4-7-16(12)9-10-17-8-3-5-11(15)14(17)19/h3,5,8,12H,2,4,6-7,9-10,15H2,1H3. The van der Waals surface area contributed by atoms with Gasteiger partial charge in [0.15, 0.2) is 0 Å². The van der Waals surface area contributed by atoms with Crippen LogP contribution >= 0.6 is 0 Å². The van der Waals surface area contributed by atoms with Crippen LogP contribution in [0.15, 0.2) is 23.1 Å². The van der Waals surface area contributed by atoms with E-state index in [1.54, 1.807) is 22.9 Å². The van der Waals surface area contributed by atoms with E-state index in [0.717, 1.165) is 25.9 Å². The number of hydrogen-bond donors (Lipinski definition) is 1. The number of nitrogens with two attached hydrogens (primary N) is 1. The van der Waals surface area contributed by atoms with Gasteiger partial charge in [-0.1, -0.05) is 6.92 Å². The minimum absolute atomic E-state index is 0.0433. The summed E-state index contributed by atoms with van der Waals surface area (Å²) in [7, 11) is 0. The van der Waals surface area contributed by atoms with Crippen LogP contribution in [0, 0.1) is 0 Å². The smallest absolute Gasteiger partial charge is 0.273 e. The Balaban J connectivity index is 2.00. The number of nitrogens with zero attached hydrogens (tertiary/aromatic N) is 2. The summed E-state index contributed by atoms with van der Waals surface area (Å²) in [5, 5.41) is 0. The summed E-state index contributed by atoms with van der Waals surface area (Å²) in [5.41, 5.74) is 5.72. The normalized spacial score (nSPS) is 19.7. The minimum Gasteiger partial charge on any atom is -0.394 e. The number of ketones is 1. The summed E-state index contributed by atoms with van der Waals surface area (Å²) in [5.74, 6) is 0.303. The molecule has 1 aromatic rings. The average Bonchev–Trinajstić information content (AvgIpc) is 2.88. The highest BCUT2D eigenvalue weighted by Crippen LogP contribution is 2.18. The summed E-state index contributed by atoms with van der Waals surface area (Å²) in [6.07, 6.45) is 4.32. The molecule has 5 heteroatoms. The average molecular weight is 263 g/mol. The Labute approximate surface area is 113 Å². The second-order valence-corrected chi connectivity index (χ2v) is 4.98. The Morgan fingerprint density at radius 1 is 1.47 bits per heavy atom. The monoisotopic (exact) mass is 263 g/mol. The molecule has 5 nitrogen and oxygen atoms in total. The summed E-state index contributed by atoms with van der Waals surface area (Å²) in [4.78, 5) is 25.8. The third-order valence-electron chi connectivity index (χ3n) is 3.76. The van der Waals surface area contributed by atoms with Crippen molar-refractivity contribution >= 4 is 11.5 Å². The van der Waals surface area contributed by atoms with Crippen LogP contribution in [0.25, 0.3) is 0 Å². The van der Waals surface area contributed by atoms with Crippen molar-refractivity contribution in [3.05, 3.63) is 28.7 Å². The van der Waals surface area contributed by atoms with Gasteiger partial charge in [-0.05, 0) is 31.5 Å². The molecule has 104 valence electrons. The number of aromatic nitrogens is 1. The van der Waals surface area contributed by atoms with Crippen LogP contribution in [0.2, 0.25) is 0 Å². The van der Waals surface area contributed by atoms with Gasteiger partial charge in [0.25, 0.3) is 5.56 Å². The fourth-order valence-electron chi connectivity index (χ4n) is 2.66. The molecule has 0 amide bonds. The predicted molar refractivity (Wildman–Crippen MR) is 75.0 cm³/mol. The molecule has 2 heterocycles. The molecular formula is C14H21N3O2. The lowest BCUT2D eigenvalue weighted by Gasteiger charge is -2.23. The third kappa shape index (κ3) is 3.04. The number of anilines is 1. The SMILES string of the molecule is CCC(=O)C1CCCN1CCn1cccc(N)c1=O. The van der Waals surface area contributed by atoms with Gasteiger partial charge < -0.3 is 10.3 Å². The first-order valence-electron chi connectivity index (χ1n) is 6.85. The lowest BCUT2D eigenvalue weighted by atomic mass is 10.1. The van der Waals surface area contributed by atoms with Crippen molar-refractivity contribution in [2.45, 2.75) is 38.8 Å². The Morgan fingerprint density at radius 3 is 3.00 bits per heavy atom. The largest absolute Gasteiger partial charge is 0.394 e. The summed E-state index contributed by atoms with van der Waals surface area (Å²) >= 11 is 0. The third-order valence-corrected chi connectivity index (χ3v) is 3.76. The number of likely N-dealkylation sites (tertiary alicyclic amines) is 1. The highest BCUT2D eigenvalue weighted by Gasteiger charge is 2.28. The molecule has 0 aromatic carbocycles. The van der Waals surface area contributed by atoms with Gasteiger partial charge in [0.1, 0.15) is 5.78 Å². The van der Waals surface area contributed by atoms with Crippen molar-refractivity contribution < 1.29 is 4.79 Å². The molecule has 1 aliphatic rings. The van der Waals surface area contributed by atoms with E-state index in [9.17, 15) is 9.59 Å². The van der Waals surface area contributed by atoms with Gasteiger partial charge in [-0.3, -0.25) is 14.5 Å². The maximum atomic E-state index is 11.8. The van der Waals surface area contributed by atoms with E-state index in [4.69, 9.17) is 5.73 Å². The topological polar surface area (TPSA) is 68.3 Å². The summed E-state index contributed by atoms with van der Waals surface area (Å²) in [6.45, 7) is 4.14. The lowest BCUT2D eigenvalue weighted by Crippen LogP contribution is -2.39. The molecule has 1 aliphatic heterocycles. The molecule has 19 heavy (non-hydrogen) atoms. The Morgan fingerprint density at radius 2 is 2.26 bits per heavy atom. The second-order valence-electron chi connectivity index (χ2n) is 4.98. The zero-order valence-corrected chi connectivity index (χ0v) is 11.3. The van der Waals surface area contributed by atoms with Crippen molar-refractivity contribution in [2.75, 3.05) is 18.8 Å². The van der Waals surface area contributed by atoms with Gasteiger partial charge in [0.2, 0.25) is 0 Å².